The number of hydrogen-bond donors (Lipinski definition) is 0. The SMILES string of the molecule is Cc1noc(C(C)N2CCN(c3nc(-c4ccccc4)cs3)CC2)n1. The van der Waals surface area contributed by atoms with Gasteiger partial charge in [0.1, 0.15) is 0 Å². The van der Waals surface area contributed by atoms with Gasteiger partial charge in [0.2, 0.25) is 5.89 Å². The number of aromatic nitrogens is 3. The van der Waals surface area contributed by atoms with E-state index in [-0.39, 0.29) is 6.04 Å². The quantitative estimate of drug-likeness (QED) is 0.715. The maximum Gasteiger partial charge on any atom is 0.243 e. The lowest BCUT2D eigenvalue weighted by Crippen LogP contribution is -2.47. The molecule has 1 atom stereocenters. The first-order valence-corrected chi connectivity index (χ1v) is 9.39. The fourth-order valence-corrected chi connectivity index (χ4v) is 3.98. The van der Waals surface area contributed by atoms with Crippen LogP contribution < -0.4 is 4.90 Å². The van der Waals surface area contributed by atoms with Gasteiger partial charge >= 0.3 is 0 Å². The Morgan fingerprint density at radius 3 is 2.52 bits per heavy atom. The van der Waals surface area contributed by atoms with Gasteiger partial charge in [0.25, 0.3) is 0 Å². The molecule has 0 radical (unpaired) electrons. The highest BCUT2D eigenvalue weighted by atomic mass is 32.1. The van der Waals surface area contributed by atoms with Gasteiger partial charge in [0, 0.05) is 37.1 Å². The van der Waals surface area contributed by atoms with Crippen molar-refractivity contribution in [1.29, 1.82) is 0 Å². The summed E-state index contributed by atoms with van der Waals surface area (Å²) in [4.78, 5) is 13.9. The normalized spacial score (nSPS) is 17.0. The molecule has 130 valence electrons. The summed E-state index contributed by atoms with van der Waals surface area (Å²) in [6.07, 6.45) is 0. The van der Waals surface area contributed by atoms with Crippen LogP contribution in [0.2, 0.25) is 0 Å². The van der Waals surface area contributed by atoms with Crippen molar-refractivity contribution in [3.8, 4) is 11.3 Å². The molecule has 0 spiro atoms. The molecule has 1 aliphatic rings. The highest BCUT2D eigenvalue weighted by Gasteiger charge is 2.26. The topological polar surface area (TPSA) is 58.3 Å². The summed E-state index contributed by atoms with van der Waals surface area (Å²) in [5.41, 5.74) is 2.22. The summed E-state index contributed by atoms with van der Waals surface area (Å²) < 4.78 is 5.32. The van der Waals surface area contributed by atoms with Gasteiger partial charge in [-0.3, -0.25) is 4.90 Å². The number of hydrogen-bond acceptors (Lipinski definition) is 7. The van der Waals surface area contributed by atoms with Gasteiger partial charge in [0.05, 0.1) is 11.7 Å². The smallest absolute Gasteiger partial charge is 0.243 e. The van der Waals surface area contributed by atoms with E-state index in [4.69, 9.17) is 9.51 Å². The molecule has 7 heteroatoms. The maximum absolute atomic E-state index is 5.32. The second-order valence-electron chi connectivity index (χ2n) is 6.26. The van der Waals surface area contributed by atoms with E-state index in [1.54, 1.807) is 11.3 Å². The third kappa shape index (κ3) is 3.43. The van der Waals surface area contributed by atoms with Crippen molar-refractivity contribution in [3.05, 3.63) is 47.4 Å². The predicted molar refractivity (Wildman–Crippen MR) is 98.8 cm³/mol. The lowest BCUT2D eigenvalue weighted by Gasteiger charge is -2.36. The van der Waals surface area contributed by atoms with Crippen molar-refractivity contribution < 1.29 is 4.52 Å². The van der Waals surface area contributed by atoms with E-state index in [1.165, 1.54) is 5.56 Å². The summed E-state index contributed by atoms with van der Waals surface area (Å²) in [7, 11) is 0. The van der Waals surface area contributed by atoms with Crippen LogP contribution in [0.5, 0.6) is 0 Å². The molecule has 1 unspecified atom stereocenters. The monoisotopic (exact) mass is 355 g/mol. The Bertz CT molecular complexity index is 823. The van der Waals surface area contributed by atoms with Crippen molar-refractivity contribution in [3.63, 3.8) is 0 Å². The third-order valence-electron chi connectivity index (χ3n) is 4.59. The first-order valence-electron chi connectivity index (χ1n) is 8.51. The van der Waals surface area contributed by atoms with Crippen molar-refractivity contribution in [2.75, 3.05) is 31.1 Å². The molecule has 0 amide bonds. The molecule has 0 aliphatic carbocycles. The minimum atomic E-state index is 0.152. The van der Waals surface area contributed by atoms with Crippen molar-refractivity contribution in [1.82, 2.24) is 20.0 Å². The Kier molecular flexibility index (Phi) is 4.50. The zero-order chi connectivity index (χ0) is 17.2. The van der Waals surface area contributed by atoms with E-state index in [2.05, 4.69) is 44.4 Å². The second-order valence-corrected chi connectivity index (χ2v) is 7.10. The molecule has 1 fully saturated rings. The first kappa shape index (κ1) is 16.2. The Morgan fingerprint density at radius 2 is 1.84 bits per heavy atom. The average Bonchev–Trinajstić information content (AvgIpc) is 3.31. The van der Waals surface area contributed by atoms with Crippen LogP contribution >= 0.6 is 11.3 Å². The molecule has 3 aromatic rings. The van der Waals surface area contributed by atoms with Crippen LogP contribution in [-0.2, 0) is 0 Å². The van der Waals surface area contributed by atoms with E-state index in [1.807, 2.05) is 25.1 Å². The number of nitrogens with zero attached hydrogens (tertiary/aromatic N) is 5. The highest BCUT2D eigenvalue weighted by molar-refractivity contribution is 7.14. The van der Waals surface area contributed by atoms with E-state index < -0.39 is 0 Å². The minimum absolute atomic E-state index is 0.152. The molecule has 3 heterocycles. The molecular weight excluding hydrogens is 334 g/mol. The van der Waals surface area contributed by atoms with Crippen LogP contribution in [-0.4, -0.2) is 46.2 Å². The van der Waals surface area contributed by atoms with E-state index >= 15 is 0 Å². The molecule has 2 aromatic heterocycles. The molecular formula is C18H21N5OS. The minimum Gasteiger partial charge on any atom is -0.346 e. The van der Waals surface area contributed by atoms with Crippen LogP contribution in [0.4, 0.5) is 5.13 Å². The Balaban J connectivity index is 1.40. The lowest BCUT2D eigenvalue weighted by atomic mass is 10.2. The Labute approximate surface area is 151 Å². The number of thiazole rings is 1. The third-order valence-corrected chi connectivity index (χ3v) is 5.50. The van der Waals surface area contributed by atoms with E-state index in [0.717, 1.165) is 37.0 Å². The Morgan fingerprint density at radius 1 is 1.08 bits per heavy atom. The standard InChI is InChI=1S/C18H21N5OS/c1-13(17-19-14(2)21-24-17)22-8-10-23(11-9-22)18-20-16(12-25-18)15-6-4-3-5-7-15/h3-7,12-13H,8-11H2,1-2H3. The zero-order valence-corrected chi connectivity index (χ0v) is 15.2. The van der Waals surface area contributed by atoms with Gasteiger partial charge < -0.3 is 9.42 Å². The van der Waals surface area contributed by atoms with Gasteiger partial charge in [-0.05, 0) is 13.8 Å². The molecule has 1 aromatic carbocycles. The molecule has 4 rings (SSSR count). The summed E-state index contributed by atoms with van der Waals surface area (Å²) in [6.45, 7) is 7.81. The number of rotatable bonds is 4. The number of piperazine rings is 1. The zero-order valence-electron chi connectivity index (χ0n) is 14.4. The van der Waals surface area contributed by atoms with Crippen LogP contribution in [0.1, 0.15) is 24.7 Å². The lowest BCUT2D eigenvalue weighted by molar-refractivity contribution is 0.164. The van der Waals surface area contributed by atoms with Crippen LogP contribution in [0.15, 0.2) is 40.2 Å². The molecule has 6 nitrogen and oxygen atoms in total. The average molecular weight is 355 g/mol. The highest BCUT2D eigenvalue weighted by Crippen LogP contribution is 2.29. The number of anilines is 1. The van der Waals surface area contributed by atoms with Gasteiger partial charge in [-0.25, -0.2) is 4.98 Å². The van der Waals surface area contributed by atoms with Crippen molar-refractivity contribution in [2.45, 2.75) is 19.9 Å². The summed E-state index contributed by atoms with van der Waals surface area (Å²) >= 11 is 1.72. The fraction of sp³-hybridized carbons (Fsp3) is 0.389. The molecule has 0 bridgehead atoms. The van der Waals surface area contributed by atoms with E-state index in [9.17, 15) is 0 Å². The van der Waals surface area contributed by atoms with Gasteiger partial charge in [0.15, 0.2) is 11.0 Å². The molecule has 0 saturated carbocycles. The van der Waals surface area contributed by atoms with Crippen molar-refractivity contribution in [2.24, 2.45) is 0 Å². The second kappa shape index (κ2) is 6.93. The van der Waals surface area contributed by atoms with Gasteiger partial charge in [-0.1, -0.05) is 35.5 Å². The maximum atomic E-state index is 5.32. The van der Waals surface area contributed by atoms with Crippen LogP contribution in [0, 0.1) is 6.92 Å². The summed E-state index contributed by atoms with van der Waals surface area (Å²) in [5.74, 6) is 1.39. The molecule has 1 saturated heterocycles. The Hall–Kier alpha value is -2.25. The molecule has 1 aliphatic heterocycles. The van der Waals surface area contributed by atoms with Crippen LogP contribution in [0.25, 0.3) is 11.3 Å². The first-order chi connectivity index (χ1) is 12.2. The predicted octanol–water partition coefficient (Wildman–Crippen LogP) is 3.38. The summed E-state index contributed by atoms with van der Waals surface area (Å²) in [6, 6.07) is 10.5. The van der Waals surface area contributed by atoms with Gasteiger partial charge in [-0.15, -0.1) is 11.3 Å². The summed E-state index contributed by atoms with van der Waals surface area (Å²) in [5, 5.41) is 7.13. The molecule has 25 heavy (non-hydrogen) atoms. The van der Waals surface area contributed by atoms with Crippen LogP contribution in [0.3, 0.4) is 0 Å². The molecule has 0 N–H and O–H groups in total. The van der Waals surface area contributed by atoms with Crippen molar-refractivity contribution >= 4 is 16.5 Å². The van der Waals surface area contributed by atoms with Gasteiger partial charge in [-0.2, -0.15) is 4.98 Å². The number of benzene rings is 1. The fourth-order valence-electron chi connectivity index (χ4n) is 3.09. The largest absolute Gasteiger partial charge is 0.346 e. The van der Waals surface area contributed by atoms with E-state index in [0.29, 0.717) is 11.7 Å². The number of aryl methyl sites for hydroxylation is 1.